The van der Waals surface area contributed by atoms with Crippen LogP contribution in [0.3, 0.4) is 0 Å². The Kier molecular flexibility index (Phi) is 5.48. The van der Waals surface area contributed by atoms with Gasteiger partial charge in [-0.3, -0.25) is 0 Å². The van der Waals surface area contributed by atoms with Crippen molar-refractivity contribution in [2.24, 2.45) is 0 Å². The topological polar surface area (TPSA) is 55.8 Å². The van der Waals surface area contributed by atoms with Gasteiger partial charge in [0, 0.05) is 32.2 Å². The number of sulfonamides is 1. The van der Waals surface area contributed by atoms with Gasteiger partial charge < -0.3 is 9.47 Å². The molecular weight excluding hydrogens is 314 g/mol. The van der Waals surface area contributed by atoms with Gasteiger partial charge in [-0.15, -0.1) is 11.6 Å². The fraction of sp³-hybridized carbons (Fsp3) is 0.571. The van der Waals surface area contributed by atoms with Gasteiger partial charge in [-0.25, -0.2) is 8.42 Å². The summed E-state index contributed by atoms with van der Waals surface area (Å²) in [6.45, 7) is 1.17. The summed E-state index contributed by atoms with van der Waals surface area (Å²) < 4.78 is 37.6. The van der Waals surface area contributed by atoms with E-state index in [2.05, 4.69) is 0 Å². The lowest BCUT2D eigenvalue weighted by Gasteiger charge is -2.30. The molecule has 1 aliphatic rings. The molecule has 2 rings (SSSR count). The zero-order valence-corrected chi connectivity index (χ0v) is 13.8. The molecular formula is C14H20ClNO4S. The average Bonchev–Trinajstić information content (AvgIpc) is 2.54. The number of nitrogens with zero attached hydrogens (tertiary/aromatic N) is 1. The monoisotopic (exact) mass is 333 g/mol. The van der Waals surface area contributed by atoms with Crippen LogP contribution in [0.2, 0.25) is 0 Å². The number of alkyl halides is 1. The Bertz CT molecular complexity index is 585. The molecule has 21 heavy (non-hydrogen) atoms. The van der Waals surface area contributed by atoms with Crippen molar-refractivity contribution in [3.63, 3.8) is 0 Å². The number of benzene rings is 1. The zero-order valence-electron chi connectivity index (χ0n) is 12.2. The second-order valence-electron chi connectivity index (χ2n) is 4.98. The first-order valence-corrected chi connectivity index (χ1v) is 8.77. The Morgan fingerprint density at radius 2 is 2.05 bits per heavy atom. The van der Waals surface area contributed by atoms with Crippen LogP contribution in [0.15, 0.2) is 23.1 Å². The number of hydrogen-bond acceptors (Lipinski definition) is 4. The van der Waals surface area contributed by atoms with E-state index in [0.717, 1.165) is 5.56 Å². The van der Waals surface area contributed by atoms with Crippen molar-refractivity contribution in [3.8, 4) is 5.75 Å². The van der Waals surface area contributed by atoms with Crippen LogP contribution in [-0.4, -0.2) is 46.1 Å². The van der Waals surface area contributed by atoms with Crippen LogP contribution in [0.4, 0.5) is 0 Å². The molecule has 0 bridgehead atoms. The first kappa shape index (κ1) is 16.5. The van der Waals surface area contributed by atoms with Gasteiger partial charge in [-0.2, -0.15) is 4.31 Å². The molecule has 0 aromatic heterocycles. The maximum Gasteiger partial charge on any atom is 0.246 e. The number of rotatable bonds is 5. The third-order valence-electron chi connectivity index (χ3n) is 3.74. The third kappa shape index (κ3) is 3.51. The zero-order chi connectivity index (χ0) is 15.5. The molecule has 0 amide bonds. The van der Waals surface area contributed by atoms with Crippen LogP contribution in [0.25, 0.3) is 0 Å². The van der Waals surface area contributed by atoms with Crippen molar-refractivity contribution in [1.29, 1.82) is 0 Å². The molecule has 118 valence electrons. The molecule has 0 N–H and O–H groups in total. The molecule has 1 fully saturated rings. The quantitative estimate of drug-likeness (QED) is 0.775. The summed E-state index contributed by atoms with van der Waals surface area (Å²) in [6.07, 6.45) is 1.40. The second kappa shape index (κ2) is 6.96. The summed E-state index contributed by atoms with van der Waals surface area (Å²) in [5, 5.41) is 0. The largest absolute Gasteiger partial charge is 0.495 e. The van der Waals surface area contributed by atoms with E-state index in [1.54, 1.807) is 25.2 Å². The van der Waals surface area contributed by atoms with Gasteiger partial charge >= 0.3 is 0 Å². The van der Waals surface area contributed by atoms with Gasteiger partial charge in [0.2, 0.25) is 10.0 Å². The van der Waals surface area contributed by atoms with E-state index in [-0.39, 0.29) is 16.8 Å². The van der Waals surface area contributed by atoms with E-state index in [1.165, 1.54) is 11.4 Å². The molecule has 1 aromatic carbocycles. The second-order valence-corrected chi connectivity index (χ2v) is 7.22. The molecule has 0 aliphatic carbocycles. The lowest BCUT2D eigenvalue weighted by Crippen LogP contribution is -2.40. The Hall–Kier alpha value is -0.820. The lowest BCUT2D eigenvalue weighted by atomic mass is 10.1. The van der Waals surface area contributed by atoms with Crippen molar-refractivity contribution in [2.75, 3.05) is 27.4 Å². The van der Waals surface area contributed by atoms with Crippen LogP contribution in [-0.2, 0) is 20.6 Å². The standard InChI is InChI=1S/C14H20ClNO4S/c1-16(12-5-7-20-8-6-12)21(17,18)14-9-11(10-15)3-4-13(14)19-2/h3-4,9,12H,5-8,10H2,1-2H3. The fourth-order valence-electron chi connectivity index (χ4n) is 2.41. The molecule has 0 atom stereocenters. The minimum absolute atomic E-state index is 0.0480. The molecule has 1 heterocycles. The van der Waals surface area contributed by atoms with E-state index < -0.39 is 10.0 Å². The SMILES string of the molecule is COc1ccc(CCl)cc1S(=O)(=O)N(C)C1CCOCC1. The maximum atomic E-state index is 12.8. The number of ether oxygens (including phenoxy) is 2. The highest BCUT2D eigenvalue weighted by molar-refractivity contribution is 7.89. The molecule has 1 aromatic rings. The normalized spacial score (nSPS) is 17.1. The minimum Gasteiger partial charge on any atom is -0.495 e. The van der Waals surface area contributed by atoms with Gasteiger partial charge in [0.1, 0.15) is 10.6 Å². The van der Waals surface area contributed by atoms with Gasteiger partial charge in [0.05, 0.1) is 7.11 Å². The van der Waals surface area contributed by atoms with E-state index in [1.807, 2.05) is 0 Å². The number of hydrogen-bond donors (Lipinski definition) is 0. The Balaban J connectivity index is 2.37. The van der Waals surface area contributed by atoms with Crippen LogP contribution >= 0.6 is 11.6 Å². The van der Waals surface area contributed by atoms with Crippen molar-refractivity contribution in [3.05, 3.63) is 23.8 Å². The maximum absolute atomic E-state index is 12.8. The fourth-order valence-corrected chi connectivity index (χ4v) is 4.19. The highest BCUT2D eigenvalue weighted by Gasteiger charge is 2.31. The molecule has 5 nitrogen and oxygen atoms in total. The molecule has 1 saturated heterocycles. The average molecular weight is 334 g/mol. The summed E-state index contributed by atoms with van der Waals surface area (Å²) in [5.41, 5.74) is 0.747. The summed E-state index contributed by atoms with van der Waals surface area (Å²) in [6, 6.07) is 4.94. The molecule has 0 spiro atoms. The Morgan fingerprint density at radius 1 is 1.38 bits per heavy atom. The highest BCUT2D eigenvalue weighted by atomic mass is 35.5. The van der Waals surface area contributed by atoms with E-state index in [0.29, 0.717) is 31.8 Å². The number of methoxy groups -OCH3 is 1. The predicted molar refractivity (Wildman–Crippen MR) is 81.3 cm³/mol. The van der Waals surface area contributed by atoms with Gasteiger partial charge in [0.25, 0.3) is 0 Å². The van der Waals surface area contributed by atoms with Crippen molar-refractivity contribution >= 4 is 21.6 Å². The van der Waals surface area contributed by atoms with Gasteiger partial charge in [0.15, 0.2) is 0 Å². The Labute approximate surface area is 130 Å². The molecule has 0 unspecified atom stereocenters. The van der Waals surface area contributed by atoms with E-state index in [9.17, 15) is 8.42 Å². The summed E-state index contributed by atoms with van der Waals surface area (Å²) >= 11 is 5.81. The summed E-state index contributed by atoms with van der Waals surface area (Å²) in [5.74, 6) is 0.593. The van der Waals surface area contributed by atoms with Crippen LogP contribution < -0.4 is 4.74 Å². The molecule has 7 heteroatoms. The molecule has 0 saturated carbocycles. The van der Waals surface area contributed by atoms with E-state index >= 15 is 0 Å². The minimum atomic E-state index is -3.62. The third-order valence-corrected chi connectivity index (χ3v) is 5.98. The first-order chi connectivity index (χ1) is 10.0. The van der Waals surface area contributed by atoms with E-state index in [4.69, 9.17) is 21.1 Å². The first-order valence-electron chi connectivity index (χ1n) is 6.79. The van der Waals surface area contributed by atoms with Crippen molar-refractivity contribution < 1.29 is 17.9 Å². The Morgan fingerprint density at radius 3 is 2.62 bits per heavy atom. The van der Waals surface area contributed by atoms with Crippen LogP contribution in [0, 0.1) is 0 Å². The summed E-state index contributed by atoms with van der Waals surface area (Å²) in [7, 11) is -0.549. The van der Waals surface area contributed by atoms with Gasteiger partial charge in [-0.1, -0.05) is 6.07 Å². The summed E-state index contributed by atoms with van der Waals surface area (Å²) in [4.78, 5) is 0.164. The van der Waals surface area contributed by atoms with Crippen molar-refractivity contribution in [1.82, 2.24) is 4.31 Å². The predicted octanol–water partition coefficient (Wildman–Crippen LogP) is 2.23. The smallest absolute Gasteiger partial charge is 0.246 e. The number of halogens is 1. The lowest BCUT2D eigenvalue weighted by molar-refractivity contribution is 0.0632. The molecule has 0 radical (unpaired) electrons. The molecule has 1 aliphatic heterocycles. The highest BCUT2D eigenvalue weighted by Crippen LogP contribution is 2.30. The van der Waals surface area contributed by atoms with Crippen molar-refractivity contribution in [2.45, 2.75) is 29.7 Å². The van der Waals surface area contributed by atoms with Crippen LogP contribution in [0.5, 0.6) is 5.75 Å². The van der Waals surface area contributed by atoms with Crippen LogP contribution in [0.1, 0.15) is 18.4 Å². The van der Waals surface area contributed by atoms with Gasteiger partial charge in [-0.05, 0) is 30.5 Å².